The molecule has 1 heterocycles. The molecule has 0 spiro atoms. The van der Waals surface area contributed by atoms with Crippen molar-refractivity contribution in [3.8, 4) is 5.69 Å². The van der Waals surface area contributed by atoms with Crippen LogP contribution in [0.1, 0.15) is 38.9 Å². The maximum Gasteiger partial charge on any atom is 0.358 e. The molecule has 3 aromatic rings. The molecule has 0 bridgehead atoms. The molecule has 0 radical (unpaired) electrons. The standard InChI is InChI=1S/C21H21N3O3/c1-4-27-21(26)19-11-12-24(23-19)17-9-7-16(8-10-17)22-20(25)18-13-14(2)5-6-15(18)3/h5-13H,4H2,1-3H3,(H,22,25). The van der Waals surface area contributed by atoms with Crippen molar-refractivity contribution in [2.45, 2.75) is 20.8 Å². The molecule has 0 aliphatic heterocycles. The number of aryl methyl sites for hydroxylation is 2. The van der Waals surface area contributed by atoms with E-state index >= 15 is 0 Å². The first-order chi connectivity index (χ1) is 13.0. The van der Waals surface area contributed by atoms with E-state index in [2.05, 4.69) is 10.4 Å². The maximum atomic E-state index is 12.5. The first-order valence-electron chi connectivity index (χ1n) is 8.69. The van der Waals surface area contributed by atoms with Crippen LogP contribution in [0.4, 0.5) is 5.69 Å². The van der Waals surface area contributed by atoms with E-state index in [9.17, 15) is 9.59 Å². The Labute approximate surface area is 157 Å². The molecule has 27 heavy (non-hydrogen) atoms. The third-order valence-corrected chi connectivity index (χ3v) is 4.10. The Morgan fingerprint density at radius 1 is 1.07 bits per heavy atom. The Morgan fingerprint density at radius 3 is 2.52 bits per heavy atom. The fraction of sp³-hybridized carbons (Fsp3) is 0.190. The summed E-state index contributed by atoms with van der Waals surface area (Å²) >= 11 is 0. The molecular weight excluding hydrogens is 342 g/mol. The zero-order valence-corrected chi connectivity index (χ0v) is 15.5. The number of benzene rings is 2. The van der Waals surface area contributed by atoms with Crippen LogP contribution in [0.3, 0.4) is 0 Å². The molecule has 3 rings (SSSR count). The van der Waals surface area contributed by atoms with Gasteiger partial charge in [0.15, 0.2) is 5.69 Å². The van der Waals surface area contributed by atoms with Gasteiger partial charge in [-0.25, -0.2) is 9.48 Å². The van der Waals surface area contributed by atoms with Crippen molar-refractivity contribution in [3.05, 3.63) is 77.1 Å². The number of esters is 1. The van der Waals surface area contributed by atoms with Crippen LogP contribution in [0.5, 0.6) is 0 Å². The van der Waals surface area contributed by atoms with Gasteiger partial charge in [0.05, 0.1) is 12.3 Å². The monoisotopic (exact) mass is 363 g/mol. The van der Waals surface area contributed by atoms with Gasteiger partial charge >= 0.3 is 5.97 Å². The Hall–Kier alpha value is -3.41. The number of amides is 1. The molecule has 2 aromatic carbocycles. The van der Waals surface area contributed by atoms with E-state index in [0.717, 1.165) is 16.8 Å². The quantitative estimate of drug-likeness (QED) is 0.698. The number of hydrogen-bond acceptors (Lipinski definition) is 4. The molecule has 0 saturated heterocycles. The van der Waals surface area contributed by atoms with E-state index in [1.807, 2.05) is 44.2 Å². The van der Waals surface area contributed by atoms with Gasteiger partial charge < -0.3 is 10.1 Å². The molecule has 138 valence electrons. The Morgan fingerprint density at radius 2 is 1.81 bits per heavy atom. The van der Waals surface area contributed by atoms with Gasteiger partial charge in [0.2, 0.25) is 0 Å². The van der Waals surface area contributed by atoms with Crippen molar-refractivity contribution in [1.82, 2.24) is 9.78 Å². The molecule has 0 unspecified atom stereocenters. The number of carbonyl (C=O) groups is 2. The van der Waals surface area contributed by atoms with Gasteiger partial charge in [0.1, 0.15) is 0 Å². The number of nitrogens with one attached hydrogen (secondary N) is 1. The van der Waals surface area contributed by atoms with E-state index in [4.69, 9.17) is 4.74 Å². The molecule has 0 aliphatic rings. The van der Waals surface area contributed by atoms with Crippen LogP contribution in [-0.4, -0.2) is 28.3 Å². The first kappa shape index (κ1) is 18.4. The smallest absolute Gasteiger partial charge is 0.358 e. The number of ether oxygens (including phenoxy) is 1. The average Bonchev–Trinajstić information content (AvgIpc) is 3.15. The van der Waals surface area contributed by atoms with Gasteiger partial charge in [-0.1, -0.05) is 17.7 Å². The fourth-order valence-electron chi connectivity index (χ4n) is 2.66. The highest BCUT2D eigenvalue weighted by molar-refractivity contribution is 6.05. The molecule has 1 N–H and O–H groups in total. The topological polar surface area (TPSA) is 73.2 Å². The largest absolute Gasteiger partial charge is 0.461 e. The van der Waals surface area contributed by atoms with Gasteiger partial charge in [-0.05, 0) is 62.7 Å². The van der Waals surface area contributed by atoms with Gasteiger partial charge in [-0.3, -0.25) is 4.79 Å². The number of hydrogen-bond donors (Lipinski definition) is 1. The van der Waals surface area contributed by atoms with E-state index in [-0.39, 0.29) is 11.6 Å². The zero-order chi connectivity index (χ0) is 19.4. The van der Waals surface area contributed by atoms with Crippen LogP contribution < -0.4 is 5.32 Å². The predicted molar refractivity (Wildman–Crippen MR) is 103 cm³/mol. The third-order valence-electron chi connectivity index (χ3n) is 4.10. The number of anilines is 1. The first-order valence-corrected chi connectivity index (χ1v) is 8.69. The second-order valence-electron chi connectivity index (χ2n) is 6.19. The van der Waals surface area contributed by atoms with E-state index in [0.29, 0.717) is 17.9 Å². The highest BCUT2D eigenvalue weighted by Gasteiger charge is 2.12. The van der Waals surface area contributed by atoms with Crippen molar-refractivity contribution in [2.24, 2.45) is 0 Å². The second kappa shape index (κ2) is 7.86. The Balaban J connectivity index is 1.73. The van der Waals surface area contributed by atoms with Crippen LogP contribution >= 0.6 is 0 Å². The summed E-state index contributed by atoms with van der Waals surface area (Å²) in [5.41, 5.74) is 4.34. The normalized spacial score (nSPS) is 10.5. The van der Waals surface area contributed by atoms with E-state index < -0.39 is 5.97 Å². The van der Waals surface area contributed by atoms with Crippen molar-refractivity contribution in [2.75, 3.05) is 11.9 Å². The van der Waals surface area contributed by atoms with Gasteiger partial charge in [0, 0.05) is 17.4 Å². The van der Waals surface area contributed by atoms with Gasteiger partial charge in [-0.15, -0.1) is 0 Å². The number of rotatable bonds is 5. The summed E-state index contributed by atoms with van der Waals surface area (Å²) in [6.07, 6.45) is 1.69. The molecular formula is C21H21N3O3. The van der Waals surface area contributed by atoms with Crippen LogP contribution in [0.2, 0.25) is 0 Å². The van der Waals surface area contributed by atoms with Crippen LogP contribution in [0, 0.1) is 13.8 Å². The Bertz CT molecular complexity index is 975. The lowest BCUT2D eigenvalue weighted by molar-refractivity contribution is 0.0519. The maximum absolute atomic E-state index is 12.5. The molecule has 0 atom stereocenters. The van der Waals surface area contributed by atoms with E-state index in [1.54, 1.807) is 36.0 Å². The summed E-state index contributed by atoms with van der Waals surface area (Å²) in [5, 5.41) is 7.12. The number of carbonyl (C=O) groups excluding carboxylic acids is 2. The fourth-order valence-corrected chi connectivity index (χ4v) is 2.66. The number of aromatic nitrogens is 2. The van der Waals surface area contributed by atoms with Crippen LogP contribution in [0.25, 0.3) is 5.69 Å². The molecule has 1 amide bonds. The lowest BCUT2D eigenvalue weighted by Gasteiger charge is -2.09. The molecule has 6 nitrogen and oxygen atoms in total. The van der Waals surface area contributed by atoms with Crippen molar-refractivity contribution in [1.29, 1.82) is 0 Å². The Kier molecular flexibility index (Phi) is 5.35. The van der Waals surface area contributed by atoms with Gasteiger partial charge in [-0.2, -0.15) is 5.10 Å². The summed E-state index contributed by atoms with van der Waals surface area (Å²) in [6.45, 7) is 5.93. The summed E-state index contributed by atoms with van der Waals surface area (Å²) in [5.74, 6) is -0.596. The summed E-state index contributed by atoms with van der Waals surface area (Å²) in [4.78, 5) is 24.2. The molecule has 0 fully saturated rings. The SMILES string of the molecule is CCOC(=O)c1ccn(-c2ccc(NC(=O)c3cc(C)ccc3C)cc2)n1. The average molecular weight is 363 g/mol. The summed E-state index contributed by atoms with van der Waals surface area (Å²) in [6, 6.07) is 14.6. The number of nitrogens with zero attached hydrogens (tertiary/aromatic N) is 2. The minimum Gasteiger partial charge on any atom is -0.461 e. The summed E-state index contributed by atoms with van der Waals surface area (Å²) < 4.78 is 6.52. The van der Waals surface area contributed by atoms with Crippen molar-refractivity contribution < 1.29 is 14.3 Å². The van der Waals surface area contributed by atoms with Crippen molar-refractivity contribution >= 4 is 17.6 Å². The highest BCUT2D eigenvalue weighted by Crippen LogP contribution is 2.17. The minimum absolute atomic E-state index is 0.146. The zero-order valence-electron chi connectivity index (χ0n) is 15.5. The van der Waals surface area contributed by atoms with Gasteiger partial charge in [0.25, 0.3) is 5.91 Å². The van der Waals surface area contributed by atoms with E-state index in [1.165, 1.54) is 0 Å². The lowest BCUT2D eigenvalue weighted by Crippen LogP contribution is -2.13. The highest BCUT2D eigenvalue weighted by atomic mass is 16.5. The second-order valence-corrected chi connectivity index (χ2v) is 6.19. The lowest BCUT2D eigenvalue weighted by atomic mass is 10.1. The molecule has 0 saturated carbocycles. The molecule has 0 aliphatic carbocycles. The molecule has 6 heteroatoms. The minimum atomic E-state index is -0.450. The third kappa shape index (κ3) is 4.23. The molecule has 1 aromatic heterocycles. The summed E-state index contributed by atoms with van der Waals surface area (Å²) in [7, 11) is 0. The van der Waals surface area contributed by atoms with Crippen LogP contribution in [0.15, 0.2) is 54.7 Å². The van der Waals surface area contributed by atoms with Crippen LogP contribution in [-0.2, 0) is 4.74 Å². The predicted octanol–water partition coefficient (Wildman–Crippen LogP) is 3.92. The van der Waals surface area contributed by atoms with Crippen molar-refractivity contribution in [3.63, 3.8) is 0 Å².